The summed E-state index contributed by atoms with van der Waals surface area (Å²) in [5.74, 6) is -2.05. The van der Waals surface area contributed by atoms with Gasteiger partial charge in [-0.2, -0.15) is 0 Å². The highest BCUT2D eigenvalue weighted by molar-refractivity contribution is 5.91. The van der Waals surface area contributed by atoms with E-state index in [-0.39, 0.29) is 43.8 Å². The van der Waals surface area contributed by atoms with Crippen LogP contribution in [0.3, 0.4) is 0 Å². The summed E-state index contributed by atoms with van der Waals surface area (Å²) in [5, 5.41) is 16.3. The van der Waals surface area contributed by atoms with Gasteiger partial charge in [0.05, 0.1) is 61.8 Å². The number of aromatic nitrogens is 3. The lowest BCUT2D eigenvalue weighted by molar-refractivity contribution is -0.302. The van der Waals surface area contributed by atoms with E-state index in [0.29, 0.717) is 60.7 Å². The van der Waals surface area contributed by atoms with Crippen molar-refractivity contribution in [2.45, 2.75) is 141 Å². The predicted molar refractivity (Wildman–Crippen MR) is 224 cm³/mol. The Morgan fingerprint density at radius 1 is 1.08 bits per heavy atom. The van der Waals surface area contributed by atoms with E-state index in [1.807, 2.05) is 53.6 Å². The van der Waals surface area contributed by atoms with E-state index in [9.17, 15) is 14.7 Å². The van der Waals surface area contributed by atoms with Gasteiger partial charge in [-0.3, -0.25) is 19.7 Å². The molecule has 0 aromatic carbocycles. The molecule has 4 bridgehead atoms. The van der Waals surface area contributed by atoms with Crippen LogP contribution in [0.15, 0.2) is 28.5 Å². The molecular formula is C43H64N8O10. The third-order valence-corrected chi connectivity index (χ3v) is 13.4. The van der Waals surface area contributed by atoms with Crippen molar-refractivity contribution in [3.63, 3.8) is 0 Å². The fourth-order valence-corrected chi connectivity index (χ4v) is 10.4. The number of carbonyl (C=O) groups is 2. The second-order valence-corrected chi connectivity index (χ2v) is 18.2. The van der Waals surface area contributed by atoms with E-state index in [1.54, 1.807) is 30.2 Å². The van der Waals surface area contributed by atoms with Crippen molar-refractivity contribution < 1.29 is 48.0 Å². The molecule has 0 radical (unpaired) electrons. The monoisotopic (exact) mass is 852 g/mol. The summed E-state index contributed by atoms with van der Waals surface area (Å²) in [6.07, 6.45) is -2.05. The van der Waals surface area contributed by atoms with Gasteiger partial charge in [0.2, 0.25) is 0 Å². The van der Waals surface area contributed by atoms with Gasteiger partial charge in [0.25, 0.3) is 0 Å². The number of nitrogens with zero attached hydrogens (tertiary/aromatic N) is 7. The molecule has 3 N–H and O–H groups in total. The molecule has 4 fully saturated rings. The van der Waals surface area contributed by atoms with Gasteiger partial charge in [0.1, 0.15) is 34.9 Å². The molecule has 5 aliphatic heterocycles. The lowest BCUT2D eigenvalue weighted by Crippen LogP contribution is -2.60. The molecule has 18 heteroatoms. The summed E-state index contributed by atoms with van der Waals surface area (Å²) in [5.41, 5.74) is 6.40. The lowest BCUT2D eigenvalue weighted by Gasteiger charge is -2.48. The fourth-order valence-electron chi connectivity index (χ4n) is 10.4. The molecule has 2 aromatic rings. The summed E-state index contributed by atoms with van der Waals surface area (Å²) in [7, 11) is 3.86. The quantitative estimate of drug-likeness (QED) is 0.300. The van der Waals surface area contributed by atoms with Crippen molar-refractivity contribution in [1.29, 1.82) is 0 Å². The van der Waals surface area contributed by atoms with Crippen molar-refractivity contribution in [3.8, 4) is 0 Å². The number of hydrogen-bond donors (Lipinski definition) is 2. The minimum Gasteiger partial charge on any atom is -0.458 e. The van der Waals surface area contributed by atoms with Crippen LogP contribution in [0.2, 0.25) is 0 Å². The molecule has 336 valence electrons. The number of aliphatic imine (C=N–C) groups is 1. The number of esters is 1. The average molecular weight is 853 g/mol. The van der Waals surface area contributed by atoms with Crippen LogP contribution in [0.1, 0.15) is 80.3 Å². The maximum absolute atomic E-state index is 14.6. The number of nitrogens with two attached hydrogens (primary N) is 1. The second-order valence-electron chi connectivity index (χ2n) is 18.2. The predicted octanol–water partition coefficient (Wildman–Crippen LogP) is 3.77. The SMILES string of the molecule is CC[C@H]1OC(=O)[C@H](C)[C@H]2OC/C(=N\OCc3cnc4ccc(N)nc4n3)CO[C@](C)(C[C@@H](C)C3=NCCN4C(=O)O[C@@]1(C)[C@H]4[C@H]3C)[C@H](O[C@H]1O[C@@H](C)C[C@@H](N(C)C)[C@@H]1O)[C@H]2C. The molecule has 4 saturated heterocycles. The number of oxime groups is 1. The van der Waals surface area contributed by atoms with Crippen LogP contribution in [0, 0.1) is 23.7 Å². The number of ether oxygens (including phenoxy) is 6. The Morgan fingerprint density at radius 2 is 1.85 bits per heavy atom. The van der Waals surface area contributed by atoms with Crippen LogP contribution in [-0.4, -0.2) is 154 Å². The molecule has 2 aromatic heterocycles. The van der Waals surface area contributed by atoms with Crippen LogP contribution in [0.4, 0.5) is 10.6 Å². The molecule has 18 nitrogen and oxygen atoms in total. The summed E-state index contributed by atoms with van der Waals surface area (Å²) in [4.78, 5) is 56.1. The Morgan fingerprint density at radius 3 is 2.59 bits per heavy atom. The molecule has 0 spiro atoms. The standard InChI is InChI=1S/C43H64N8O10/c1-11-31-43(8)36-24(4)33(45-14-15-51(36)41(54)61-43)22(2)17-42(7)37(60-40-34(52)30(50(9)10)16-23(3)58-40)25(5)35(26(6)39(53)59-31)55-19-28(20-56-42)49-57-21-27-18-46-29-12-13-32(44)48-38(29)47-27/h12-13,18,22-26,30-31,34-37,40,52H,11,14-17,19-21H2,1-10H3,(H2,44,47,48)/b49-28+/t22-,23+,24+,25+,26-,30-,31-,34+,35+,36-,37-,40-,42-,43-/m1/s1. The first kappa shape index (κ1) is 45.0. The minimum absolute atomic E-state index is 0.0225. The van der Waals surface area contributed by atoms with E-state index in [0.717, 1.165) is 5.71 Å². The number of nitrogen functional groups attached to an aromatic ring is 1. The summed E-state index contributed by atoms with van der Waals surface area (Å²) >= 11 is 0. The Balaban J connectivity index is 1.29. The highest BCUT2D eigenvalue weighted by Gasteiger charge is 2.60. The number of carbonyl (C=O) groups excluding carboxylic acids is 2. The Kier molecular flexibility index (Phi) is 13.2. The average Bonchev–Trinajstić information content (AvgIpc) is 3.36. The Bertz CT molecular complexity index is 1990. The van der Waals surface area contributed by atoms with E-state index in [4.69, 9.17) is 44.0 Å². The van der Waals surface area contributed by atoms with Crippen LogP contribution in [0.25, 0.3) is 11.2 Å². The molecule has 14 atom stereocenters. The number of aliphatic hydroxyl groups excluding tert-OH is 1. The number of amides is 1. The van der Waals surface area contributed by atoms with Crippen molar-refractivity contribution in [1.82, 2.24) is 24.8 Å². The number of pyridine rings is 1. The largest absolute Gasteiger partial charge is 0.458 e. The normalized spacial score (nSPS) is 39.4. The van der Waals surface area contributed by atoms with Gasteiger partial charge in [-0.25, -0.2) is 14.8 Å². The molecule has 0 saturated carbocycles. The van der Waals surface area contributed by atoms with Gasteiger partial charge in [-0.1, -0.05) is 32.9 Å². The third kappa shape index (κ3) is 8.93. The van der Waals surface area contributed by atoms with Gasteiger partial charge >= 0.3 is 12.1 Å². The van der Waals surface area contributed by atoms with Gasteiger partial charge in [0, 0.05) is 30.1 Å². The second kappa shape index (κ2) is 18.0. The van der Waals surface area contributed by atoms with E-state index in [2.05, 4.69) is 34.0 Å². The number of rotatable bonds is 7. The molecular weight excluding hydrogens is 789 g/mol. The lowest BCUT2D eigenvalue weighted by atomic mass is 9.72. The number of aliphatic hydroxyl groups is 1. The number of fused-ring (bicyclic) bond motifs is 5. The zero-order valence-electron chi connectivity index (χ0n) is 37.1. The first-order chi connectivity index (χ1) is 28.9. The summed E-state index contributed by atoms with van der Waals surface area (Å²) in [6, 6.07) is 2.73. The van der Waals surface area contributed by atoms with Gasteiger partial charge in [0.15, 0.2) is 24.1 Å². The third-order valence-electron chi connectivity index (χ3n) is 13.4. The Hall–Kier alpha value is -4.07. The number of anilines is 1. The van der Waals surface area contributed by atoms with Crippen LogP contribution < -0.4 is 5.73 Å². The summed E-state index contributed by atoms with van der Waals surface area (Å²) < 4.78 is 39.8. The maximum atomic E-state index is 14.6. The summed E-state index contributed by atoms with van der Waals surface area (Å²) in [6.45, 7) is 16.3. The van der Waals surface area contributed by atoms with Crippen molar-refractivity contribution in [3.05, 3.63) is 24.0 Å². The topological polar surface area (TPSA) is 215 Å². The zero-order valence-corrected chi connectivity index (χ0v) is 37.1. The van der Waals surface area contributed by atoms with Gasteiger partial charge < -0.3 is 49.0 Å². The molecule has 0 unspecified atom stereocenters. The first-order valence-corrected chi connectivity index (χ1v) is 21.6. The minimum atomic E-state index is -1.15. The highest BCUT2D eigenvalue weighted by atomic mass is 16.7. The first-order valence-electron chi connectivity index (χ1n) is 21.6. The van der Waals surface area contributed by atoms with E-state index >= 15 is 0 Å². The fraction of sp³-hybridized carbons (Fsp3) is 0.744. The van der Waals surface area contributed by atoms with Crippen molar-refractivity contribution in [2.75, 3.05) is 46.1 Å². The molecule has 61 heavy (non-hydrogen) atoms. The Labute approximate surface area is 357 Å². The molecule has 5 aliphatic rings. The molecule has 7 heterocycles. The van der Waals surface area contributed by atoms with Crippen molar-refractivity contribution >= 4 is 40.5 Å². The number of likely N-dealkylation sites (N-methyl/N-ethyl adjacent to an activating group) is 1. The van der Waals surface area contributed by atoms with Gasteiger partial charge in [-0.05, 0) is 79.1 Å². The van der Waals surface area contributed by atoms with Crippen LogP contribution in [0.5, 0.6) is 0 Å². The van der Waals surface area contributed by atoms with Crippen molar-refractivity contribution in [2.24, 2.45) is 33.8 Å². The number of hydrogen-bond acceptors (Lipinski definition) is 17. The van der Waals surface area contributed by atoms with Crippen LogP contribution >= 0.6 is 0 Å². The van der Waals surface area contributed by atoms with Gasteiger partial charge in [-0.15, -0.1) is 0 Å². The molecule has 1 amide bonds. The molecule has 7 rings (SSSR count). The highest BCUT2D eigenvalue weighted by Crippen LogP contribution is 2.45. The molecule has 0 aliphatic carbocycles. The van der Waals surface area contributed by atoms with E-state index in [1.165, 1.54) is 0 Å². The zero-order chi connectivity index (χ0) is 44.0. The maximum Gasteiger partial charge on any atom is 0.410 e. The van der Waals surface area contributed by atoms with E-state index < -0.39 is 71.8 Å². The smallest absolute Gasteiger partial charge is 0.410 e. The van der Waals surface area contributed by atoms with Crippen LogP contribution in [-0.2, 0) is 44.7 Å². The number of cyclic esters (lactones) is 1.